The Balaban J connectivity index is 0.00000648. The number of aromatic nitrogens is 1. The standard InChI is InChI=1S/C19H10F12N2O2.Zn/c20-16(21,22)9-1-7(2-10(5-9)17(23,24)25)14(34)11(6-32)15(35)8-3-12(18(26,27)28)33-13(4-8)19(29,30)31;/h1-5,11,14-15,34-35H;. The second kappa shape index (κ2) is 10.5. The van der Waals surface area contributed by atoms with Gasteiger partial charge in [-0.3, -0.25) is 0 Å². The van der Waals surface area contributed by atoms with Gasteiger partial charge in [-0.1, -0.05) is 0 Å². The van der Waals surface area contributed by atoms with Gasteiger partial charge in [0.1, 0.15) is 17.3 Å². The minimum absolute atomic E-state index is 0. The first-order chi connectivity index (χ1) is 15.7. The summed E-state index contributed by atoms with van der Waals surface area (Å²) in [5, 5.41) is 29.8. The van der Waals surface area contributed by atoms with Gasteiger partial charge in [-0.15, -0.1) is 0 Å². The zero-order valence-electron chi connectivity index (χ0n) is 17.2. The van der Waals surface area contributed by atoms with Crippen molar-refractivity contribution in [3.8, 4) is 6.07 Å². The van der Waals surface area contributed by atoms with Gasteiger partial charge in [-0.2, -0.15) is 57.9 Å². The van der Waals surface area contributed by atoms with Crippen LogP contribution in [0.2, 0.25) is 0 Å². The number of aliphatic hydroxyl groups excluding tert-OH is 2. The van der Waals surface area contributed by atoms with E-state index in [9.17, 15) is 68.2 Å². The van der Waals surface area contributed by atoms with Crippen molar-refractivity contribution >= 4 is 0 Å². The van der Waals surface area contributed by atoms with Gasteiger partial charge < -0.3 is 10.2 Å². The molecule has 4 nitrogen and oxygen atoms in total. The maximum Gasteiger partial charge on any atom is 0.433 e. The van der Waals surface area contributed by atoms with E-state index < -0.39 is 76.5 Å². The smallest absolute Gasteiger partial charge is 0.387 e. The Morgan fingerprint density at radius 3 is 1.22 bits per heavy atom. The SMILES string of the molecule is N#CC(C(O)c1cc(C(F)(F)F)cc(C(F)(F)F)c1)C(O)c1cc(C(F)(F)F)nc(C(F)(F)F)c1.[Zn]. The molecule has 3 unspecified atom stereocenters. The Morgan fingerprint density at radius 1 is 0.611 bits per heavy atom. The van der Waals surface area contributed by atoms with E-state index in [1.807, 2.05) is 0 Å². The van der Waals surface area contributed by atoms with Gasteiger partial charge in [0.05, 0.1) is 29.4 Å². The van der Waals surface area contributed by atoms with Crippen molar-refractivity contribution in [2.75, 3.05) is 0 Å². The number of benzene rings is 1. The summed E-state index contributed by atoms with van der Waals surface area (Å²) >= 11 is 0. The number of nitrogens with zero attached hydrogens (tertiary/aromatic N) is 2. The van der Waals surface area contributed by atoms with Crippen LogP contribution in [0, 0.1) is 17.2 Å². The first kappa shape index (κ1) is 31.6. The van der Waals surface area contributed by atoms with E-state index in [0.29, 0.717) is 0 Å². The van der Waals surface area contributed by atoms with E-state index in [4.69, 9.17) is 0 Å². The van der Waals surface area contributed by atoms with Crippen LogP contribution >= 0.6 is 0 Å². The Hall–Kier alpha value is -2.44. The monoisotopic (exact) mass is 590 g/mol. The minimum atomic E-state index is -5.47. The summed E-state index contributed by atoms with van der Waals surface area (Å²) < 4.78 is 156. The molecule has 0 radical (unpaired) electrons. The molecule has 0 saturated heterocycles. The van der Waals surface area contributed by atoms with Crippen molar-refractivity contribution in [1.82, 2.24) is 4.98 Å². The van der Waals surface area contributed by atoms with Crippen molar-refractivity contribution in [3.63, 3.8) is 0 Å². The number of halogens is 12. The average molecular weight is 592 g/mol. The Morgan fingerprint density at radius 2 is 0.944 bits per heavy atom. The molecular weight excluding hydrogens is 582 g/mol. The van der Waals surface area contributed by atoms with E-state index >= 15 is 0 Å². The van der Waals surface area contributed by atoms with Gasteiger partial charge in [0.25, 0.3) is 0 Å². The summed E-state index contributed by atoms with van der Waals surface area (Å²) in [5.74, 6) is -2.50. The van der Waals surface area contributed by atoms with Crippen molar-refractivity contribution in [2.45, 2.75) is 36.9 Å². The van der Waals surface area contributed by atoms with Crippen LogP contribution in [0.1, 0.15) is 45.8 Å². The molecule has 2 aromatic rings. The number of aliphatic hydroxyl groups is 2. The normalized spacial score (nSPS) is 15.5. The Labute approximate surface area is 205 Å². The average Bonchev–Trinajstić information content (AvgIpc) is 2.70. The molecule has 0 saturated carbocycles. The van der Waals surface area contributed by atoms with Gasteiger partial charge >= 0.3 is 24.7 Å². The first-order valence-corrected chi connectivity index (χ1v) is 8.87. The molecule has 17 heteroatoms. The van der Waals surface area contributed by atoms with E-state index in [2.05, 4.69) is 4.98 Å². The molecule has 2 rings (SSSR count). The second-order valence-corrected chi connectivity index (χ2v) is 7.05. The van der Waals surface area contributed by atoms with E-state index in [1.165, 1.54) is 0 Å². The van der Waals surface area contributed by atoms with Gasteiger partial charge in [-0.25, -0.2) is 4.98 Å². The van der Waals surface area contributed by atoms with Gasteiger partial charge in [0.15, 0.2) is 0 Å². The first-order valence-electron chi connectivity index (χ1n) is 8.87. The predicted molar refractivity (Wildman–Crippen MR) is 89.7 cm³/mol. The van der Waals surface area contributed by atoms with Crippen molar-refractivity contribution in [2.24, 2.45) is 5.92 Å². The topological polar surface area (TPSA) is 77.1 Å². The Bertz CT molecular complexity index is 974. The largest absolute Gasteiger partial charge is 0.433 e. The van der Waals surface area contributed by atoms with Crippen LogP contribution in [0.4, 0.5) is 52.7 Å². The van der Waals surface area contributed by atoms with Crippen LogP contribution in [0.3, 0.4) is 0 Å². The number of hydrogen-bond acceptors (Lipinski definition) is 4. The fourth-order valence-corrected chi connectivity index (χ4v) is 2.89. The third kappa shape index (κ3) is 7.30. The van der Waals surface area contributed by atoms with Crippen LogP contribution in [0.25, 0.3) is 0 Å². The summed E-state index contributed by atoms with van der Waals surface area (Å²) in [6.07, 6.45) is -27.1. The minimum Gasteiger partial charge on any atom is -0.387 e. The van der Waals surface area contributed by atoms with Crippen LogP contribution in [0.15, 0.2) is 30.3 Å². The van der Waals surface area contributed by atoms with Crippen LogP contribution in [-0.2, 0) is 44.2 Å². The van der Waals surface area contributed by atoms with Crippen molar-refractivity contribution in [1.29, 1.82) is 5.26 Å². The molecule has 0 aliphatic carbocycles. The molecule has 0 aliphatic heterocycles. The van der Waals surface area contributed by atoms with Gasteiger partial charge in [0.2, 0.25) is 0 Å². The molecule has 2 N–H and O–H groups in total. The van der Waals surface area contributed by atoms with Crippen LogP contribution in [0.5, 0.6) is 0 Å². The molecule has 0 bridgehead atoms. The van der Waals surface area contributed by atoms with E-state index in [0.717, 1.165) is 6.07 Å². The third-order valence-electron chi connectivity index (χ3n) is 4.55. The molecule has 0 amide bonds. The summed E-state index contributed by atoms with van der Waals surface area (Å²) in [6, 6.07) is 0.539. The van der Waals surface area contributed by atoms with Crippen molar-refractivity contribution in [3.05, 3.63) is 64.0 Å². The number of alkyl halides is 12. The number of hydrogen-bond donors (Lipinski definition) is 2. The molecule has 36 heavy (non-hydrogen) atoms. The number of nitriles is 1. The van der Waals surface area contributed by atoms with Crippen LogP contribution < -0.4 is 0 Å². The molecule has 1 heterocycles. The zero-order chi connectivity index (χ0) is 27.1. The molecule has 0 aliphatic rings. The maximum absolute atomic E-state index is 13.0. The molecule has 0 spiro atoms. The van der Waals surface area contributed by atoms with E-state index in [1.54, 1.807) is 0 Å². The fourth-order valence-electron chi connectivity index (χ4n) is 2.89. The fraction of sp³-hybridized carbons (Fsp3) is 0.368. The summed E-state index contributed by atoms with van der Waals surface area (Å²) in [4.78, 5) is 2.37. The zero-order valence-corrected chi connectivity index (χ0v) is 20.1. The van der Waals surface area contributed by atoms with Crippen molar-refractivity contribution < 1.29 is 82.4 Å². The molecule has 3 atom stereocenters. The van der Waals surface area contributed by atoms with E-state index in [-0.39, 0.29) is 49.8 Å². The quantitative estimate of drug-likeness (QED) is 0.335. The maximum atomic E-state index is 13.0. The number of pyridine rings is 1. The van der Waals surface area contributed by atoms with Gasteiger partial charge in [0, 0.05) is 19.5 Å². The molecule has 1 aromatic heterocycles. The van der Waals surface area contributed by atoms with Gasteiger partial charge in [-0.05, 0) is 41.5 Å². The second-order valence-electron chi connectivity index (χ2n) is 7.05. The third-order valence-corrected chi connectivity index (χ3v) is 4.55. The molecule has 194 valence electrons. The molecular formula is C19H10F12N2O2Zn. The molecule has 0 fully saturated rings. The summed E-state index contributed by atoms with van der Waals surface area (Å²) in [7, 11) is 0. The van der Waals surface area contributed by atoms with Crippen LogP contribution in [-0.4, -0.2) is 15.2 Å². The molecule has 1 aromatic carbocycles. The predicted octanol–water partition coefficient (Wildman–Crippen LogP) is 6.06. The number of rotatable bonds is 4. The Kier molecular flexibility index (Phi) is 9.22. The summed E-state index contributed by atoms with van der Waals surface area (Å²) in [5.41, 5.74) is -10.7. The summed E-state index contributed by atoms with van der Waals surface area (Å²) in [6.45, 7) is 0.